The summed E-state index contributed by atoms with van der Waals surface area (Å²) < 4.78 is 5.12. The smallest absolute Gasteiger partial charge is 0.213 e. The van der Waals surface area contributed by atoms with E-state index in [9.17, 15) is 0 Å². The fraction of sp³-hybridized carbons (Fsp3) is 0.250. The van der Waals surface area contributed by atoms with Crippen molar-refractivity contribution >= 4 is 10.9 Å². The summed E-state index contributed by atoms with van der Waals surface area (Å²) in [5.41, 5.74) is 3.45. The maximum absolute atomic E-state index is 5.12. The molecular formula is C12H13NO. The van der Waals surface area contributed by atoms with Crippen LogP contribution in [0.3, 0.4) is 0 Å². The first-order chi connectivity index (χ1) is 6.70. The summed E-state index contributed by atoms with van der Waals surface area (Å²) in [5, 5.41) is 1.20. The lowest BCUT2D eigenvalue weighted by Gasteiger charge is -2.05. The molecule has 2 aromatic rings. The van der Waals surface area contributed by atoms with Crippen LogP contribution >= 0.6 is 0 Å². The van der Waals surface area contributed by atoms with Gasteiger partial charge in [-0.2, -0.15) is 0 Å². The second-order valence-electron chi connectivity index (χ2n) is 3.50. The van der Waals surface area contributed by atoms with Crippen LogP contribution in [0, 0.1) is 13.8 Å². The van der Waals surface area contributed by atoms with E-state index in [0.717, 1.165) is 5.52 Å². The SMILES string of the molecule is COc1cc(C)c2cc(C)ccc2n1. The molecule has 1 heterocycles. The second kappa shape index (κ2) is 3.29. The van der Waals surface area contributed by atoms with Gasteiger partial charge in [0, 0.05) is 11.5 Å². The van der Waals surface area contributed by atoms with Gasteiger partial charge in [-0.25, -0.2) is 4.98 Å². The number of ether oxygens (including phenoxy) is 1. The number of nitrogens with zero attached hydrogens (tertiary/aromatic N) is 1. The largest absolute Gasteiger partial charge is 0.481 e. The molecule has 0 unspecified atom stereocenters. The third-order valence-corrected chi connectivity index (χ3v) is 2.36. The first-order valence-electron chi connectivity index (χ1n) is 4.62. The average Bonchev–Trinajstić information content (AvgIpc) is 2.19. The van der Waals surface area contributed by atoms with Gasteiger partial charge in [0.1, 0.15) is 0 Å². The van der Waals surface area contributed by atoms with Gasteiger partial charge in [-0.3, -0.25) is 0 Å². The lowest BCUT2D eigenvalue weighted by atomic mass is 10.1. The minimum Gasteiger partial charge on any atom is -0.481 e. The molecule has 0 aliphatic heterocycles. The van der Waals surface area contributed by atoms with Crippen LogP contribution in [0.2, 0.25) is 0 Å². The number of methoxy groups -OCH3 is 1. The quantitative estimate of drug-likeness (QED) is 0.684. The van der Waals surface area contributed by atoms with E-state index < -0.39 is 0 Å². The molecule has 0 saturated carbocycles. The number of aromatic nitrogens is 1. The molecule has 72 valence electrons. The van der Waals surface area contributed by atoms with Crippen LogP contribution in [-0.4, -0.2) is 12.1 Å². The maximum atomic E-state index is 5.12. The summed E-state index contributed by atoms with van der Waals surface area (Å²) in [6, 6.07) is 8.20. The highest BCUT2D eigenvalue weighted by atomic mass is 16.5. The number of fused-ring (bicyclic) bond motifs is 1. The van der Waals surface area contributed by atoms with Crippen molar-refractivity contribution in [3.8, 4) is 5.88 Å². The van der Waals surface area contributed by atoms with Gasteiger partial charge in [0.2, 0.25) is 5.88 Å². The zero-order chi connectivity index (χ0) is 10.1. The molecule has 0 spiro atoms. The Morgan fingerprint density at radius 1 is 1.14 bits per heavy atom. The lowest BCUT2D eigenvalue weighted by molar-refractivity contribution is 0.399. The number of benzene rings is 1. The highest BCUT2D eigenvalue weighted by Gasteiger charge is 2.02. The molecule has 2 nitrogen and oxygen atoms in total. The summed E-state index contributed by atoms with van der Waals surface area (Å²) >= 11 is 0. The Kier molecular flexibility index (Phi) is 2.12. The summed E-state index contributed by atoms with van der Waals surface area (Å²) in [4.78, 5) is 4.37. The zero-order valence-corrected chi connectivity index (χ0v) is 8.66. The first kappa shape index (κ1) is 9.00. The molecule has 0 amide bonds. The monoisotopic (exact) mass is 187 g/mol. The number of pyridine rings is 1. The topological polar surface area (TPSA) is 22.1 Å². The van der Waals surface area contributed by atoms with E-state index in [1.54, 1.807) is 7.11 Å². The number of rotatable bonds is 1. The minimum absolute atomic E-state index is 0.679. The van der Waals surface area contributed by atoms with E-state index in [4.69, 9.17) is 4.74 Å². The molecule has 0 atom stereocenters. The van der Waals surface area contributed by atoms with Gasteiger partial charge >= 0.3 is 0 Å². The standard InChI is InChI=1S/C12H13NO/c1-8-4-5-11-10(6-8)9(2)7-12(13-11)14-3/h4-7H,1-3H3. The van der Waals surface area contributed by atoms with E-state index >= 15 is 0 Å². The van der Waals surface area contributed by atoms with E-state index in [1.807, 2.05) is 12.1 Å². The van der Waals surface area contributed by atoms with Crippen LogP contribution in [0.15, 0.2) is 24.3 Å². The van der Waals surface area contributed by atoms with Gasteiger partial charge in [-0.1, -0.05) is 11.6 Å². The van der Waals surface area contributed by atoms with Crippen LogP contribution in [-0.2, 0) is 0 Å². The summed E-state index contributed by atoms with van der Waals surface area (Å²) in [6.45, 7) is 4.16. The van der Waals surface area contributed by atoms with Crippen molar-refractivity contribution in [2.45, 2.75) is 13.8 Å². The van der Waals surface area contributed by atoms with Crippen LogP contribution < -0.4 is 4.74 Å². The van der Waals surface area contributed by atoms with Gasteiger partial charge < -0.3 is 4.74 Å². The van der Waals surface area contributed by atoms with Crippen molar-refractivity contribution in [2.24, 2.45) is 0 Å². The Balaban J connectivity index is 2.76. The van der Waals surface area contributed by atoms with Gasteiger partial charge in [0.25, 0.3) is 0 Å². The van der Waals surface area contributed by atoms with Crippen molar-refractivity contribution in [3.63, 3.8) is 0 Å². The highest BCUT2D eigenvalue weighted by molar-refractivity contribution is 5.83. The van der Waals surface area contributed by atoms with Crippen LogP contribution in [0.5, 0.6) is 5.88 Å². The lowest BCUT2D eigenvalue weighted by Crippen LogP contribution is -1.90. The Morgan fingerprint density at radius 3 is 2.64 bits per heavy atom. The highest BCUT2D eigenvalue weighted by Crippen LogP contribution is 2.21. The Labute approximate surface area is 83.5 Å². The zero-order valence-electron chi connectivity index (χ0n) is 8.66. The third-order valence-electron chi connectivity index (χ3n) is 2.36. The summed E-state index contributed by atoms with van der Waals surface area (Å²) in [6.07, 6.45) is 0. The maximum Gasteiger partial charge on any atom is 0.213 e. The van der Waals surface area contributed by atoms with Gasteiger partial charge in [-0.15, -0.1) is 0 Å². The third kappa shape index (κ3) is 1.43. The molecule has 0 bridgehead atoms. The van der Waals surface area contributed by atoms with Crippen molar-refractivity contribution in [1.29, 1.82) is 0 Å². The minimum atomic E-state index is 0.679. The predicted octanol–water partition coefficient (Wildman–Crippen LogP) is 2.86. The Morgan fingerprint density at radius 2 is 1.93 bits per heavy atom. The molecule has 0 aliphatic rings. The van der Waals surface area contributed by atoms with E-state index in [2.05, 4.69) is 31.0 Å². The summed E-state index contributed by atoms with van der Waals surface area (Å²) in [5.74, 6) is 0.679. The first-order valence-corrected chi connectivity index (χ1v) is 4.62. The number of hydrogen-bond acceptors (Lipinski definition) is 2. The normalized spacial score (nSPS) is 10.5. The van der Waals surface area contributed by atoms with Gasteiger partial charge in [-0.05, 0) is 31.5 Å². The van der Waals surface area contributed by atoms with Crippen molar-refractivity contribution in [3.05, 3.63) is 35.4 Å². The van der Waals surface area contributed by atoms with Gasteiger partial charge in [0.05, 0.1) is 12.6 Å². The van der Waals surface area contributed by atoms with Gasteiger partial charge in [0.15, 0.2) is 0 Å². The van der Waals surface area contributed by atoms with Crippen LogP contribution in [0.25, 0.3) is 10.9 Å². The average molecular weight is 187 g/mol. The molecule has 1 aromatic heterocycles. The van der Waals surface area contributed by atoms with Crippen LogP contribution in [0.1, 0.15) is 11.1 Å². The molecule has 0 radical (unpaired) electrons. The molecule has 1 aromatic carbocycles. The Hall–Kier alpha value is -1.57. The molecule has 0 N–H and O–H groups in total. The Bertz CT molecular complexity index is 477. The fourth-order valence-electron chi connectivity index (χ4n) is 1.58. The molecule has 0 saturated heterocycles. The second-order valence-corrected chi connectivity index (χ2v) is 3.50. The van der Waals surface area contributed by atoms with Crippen molar-refractivity contribution < 1.29 is 4.74 Å². The van der Waals surface area contributed by atoms with E-state index in [0.29, 0.717) is 5.88 Å². The van der Waals surface area contributed by atoms with Crippen molar-refractivity contribution in [1.82, 2.24) is 4.98 Å². The van der Waals surface area contributed by atoms with Crippen LogP contribution in [0.4, 0.5) is 0 Å². The molecule has 0 fully saturated rings. The van der Waals surface area contributed by atoms with Crippen molar-refractivity contribution in [2.75, 3.05) is 7.11 Å². The molecule has 14 heavy (non-hydrogen) atoms. The molecular weight excluding hydrogens is 174 g/mol. The molecule has 2 rings (SSSR count). The molecule has 0 aliphatic carbocycles. The number of hydrogen-bond donors (Lipinski definition) is 0. The fourth-order valence-corrected chi connectivity index (χ4v) is 1.58. The number of aryl methyl sites for hydroxylation is 2. The summed E-state index contributed by atoms with van der Waals surface area (Å²) in [7, 11) is 1.64. The molecule has 2 heteroatoms. The van der Waals surface area contributed by atoms with E-state index in [-0.39, 0.29) is 0 Å². The van der Waals surface area contributed by atoms with E-state index in [1.165, 1.54) is 16.5 Å². The predicted molar refractivity (Wildman–Crippen MR) is 57.8 cm³/mol.